The van der Waals surface area contributed by atoms with Crippen LogP contribution in [-0.2, 0) is 22.6 Å². The molecule has 0 spiro atoms. The van der Waals surface area contributed by atoms with Crippen LogP contribution in [0.15, 0.2) is 83.8 Å². The van der Waals surface area contributed by atoms with Gasteiger partial charge in [-0.2, -0.15) is 0 Å². The van der Waals surface area contributed by atoms with Gasteiger partial charge in [-0.3, -0.25) is 9.59 Å². The molecule has 7 heteroatoms. The third kappa shape index (κ3) is 9.86. The molecule has 37 heavy (non-hydrogen) atoms. The average molecular weight is 541 g/mol. The fourth-order valence-electron chi connectivity index (χ4n) is 3.93. The van der Waals surface area contributed by atoms with E-state index >= 15 is 0 Å². The molecule has 0 aromatic heterocycles. The van der Waals surface area contributed by atoms with E-state index in [-0.39, 0.29) is 24.2 Å². The van der Waals surface area contributed by atoms with E-state index in [2.05, 4.69) is 12.2 Å². The minimum Gasteiger partial charge on any atom is -0.354 e. The summed E-state index contributed by atoms with van der Waals surface area (Å²) < 4.78 is 13.5. The van der Waals surface area contributed by atoms with Crippen LogP contribution in [0.3, 0.4) is 0 Å². The van der Waals surface area contributed by atoms with E-state index in [4.69, 9.17) is 11.6 Å². The Balaban J connectivity index is 1.76. The van der Waals surface area contributed by atoms with E-state index < -0.39 is 6.04 Å². The standard InChI is InChI=1S/C30H34ClFN2O2S/c1-2-3-19-33-30(36)28(21-23-8-5-4-6-9-23)34(22-24-11-15-26(32)16-12-24)29(35)10-7-20-37-27-17-13-25(31)14-18-27/h4-6,8-9,11-18,28H,2-3,7,10,19-22H2,1H3,(H,33,36)/t28-/m0/s1. The first kappa shape index (κ1) is 28.7. The number of nitrogens with one attached hydrogen (secondary N) is 1. The largest absolute Gasteiger partial charge is 0.354 e. The first-order chi connectivity index (χ1) is 18.0. The van der Waals surface area contributed by atoms with Crippen molar-refractivity contribution in [3.8, 4) is 0 Å². The molecular formula is C30H34ClFN2O2S. The van der Waals surface area contributed by atoms with Crippen molar-refractivity contribution in [2.24, 2.45) is 0 Å². The summed E-state index contributed by atoms with van der Waals surface area (Å²) in [4.78, 5) is 29.7. The summed E-state index contributed by atoms with van der Waals surface area (Å²) in [6.45, 7) is 2.87. The number of hydrogen-bond donors (Lipinski definition) is 1. The highest BCUT2D eigenvalue weighted by Gasteiger charge is 2.30. The molecule has 0 fully saturated rings. The van der Waals surface area contributed by atoms with Crippen LogP contribution in [-0.4, -0.2) is 35.1 Å². The Morgan fingerprint density at radius 2 is 1.65 bits per heavy atom. The van der Waals surface area contributed by atoms with Gasteiger partial charge >= 0.3 is 0 Å². The predicted molar refractivity (Wildman–Crippen MR) is 150 cm³/mol. The van der Waals surface area contributed by atoms with Crippen LogP contribution >= 0.6 is 23.4 Å². The SMILES string of the molecule is CCCCNC(=O)[C@H](Cc1ccccc1)N(Cc1ccc(F)cc1)C(=O)CCCSc1ccc(Cl)cc1. The smallest absolute Gasteiger partial charge is 0.243 e. The Hall–Kier alpha value is -2.83. The van der Waals surface area contributed by atoms with Gasteiger partial charge in [0.25, 0.3) is 0 Å². The zero-order chi connectivity index (χ0) is 26.5. The first-order valence-corrected chi connectivity index (χ1v) is 14.1. The number of nitrogens with zero attached hydrogens (tertiary/aromatic N) is 1. The molecule has 0 radical (unpaired) electrons. The second-order valence-electron chi connectivity index (χ2n) is 8.90. The van der Waals surface area contributed by atoms with Crippen molar-refractivity contribution in [2.75, 3.05) is 12.3 Å². The van der Waals surface area contributed by atoms with Crippen LogP contribution in [0.1, 0.15) is 43.7 Å². The van der Waals surface area contributed by atoms with Gasteiger partial charge in [-0.1, -0.05) is 67.4 Å². The number of thioether (sulfide) groups is 1. The van der Waals surface area contributed by atoms with Crippen LogP contribution in [0, 0.1) is 5.82 Å². The molecule has 3 aromatic carbocycles. The third-order valence-electron chi connectivity index (χ3n) is 5.98. The lowest BCUT2D eigenvalue weighted by atomic mass is 10.0. The van der Waals surface area contributed by atoms with E-state index in [0.717, 1.165) is 34.6 Å². The second kappa shape index (κ2) is 15.4. The van der Waals surface area contributed by atoms with Crippen molar-refractivity contribution >= 4 is 35.2 Å². The predicted octanol–water partition coefficient (Wildman–Crippen LogP) is 6.91. The fraction of sp³-hybridized carbons (Fsp3) is 0.333. The maximum Gasteiger partial charge on any atom is 0.243 e. The zero-order valence-electron chi connectivity index (χ0n) is 21.2. The maximum absolute atomic E-state index is 13.6. The van der Waals surface area contributed by atoms with Gasteiger partial charge in [-0.05, 0) is 66.1 Å². The van der Waals surface area contributed by atoms with Gasteiger partial charge in [0.15, 0.2) is 0 Å². The topological polar surface area (TPSA) is 49.4 Å². The number of carbonyl (C=O) groups is 2. The molecule has 0 saturated heterocycles. The van der Waals surface area contributed by atoms with Crippen molar-refractivity contribution in [2.45, 2.75) is 56.5 Å². The number of rotatable bonds is 14. The fourth-order valence-corrected chi connectivity index (χ4v) is 4.91. The van der Waals surface area contributed by atoms with E-state index in [0.29, 0.717) is 30.8 Å². The summed E-state index contributed by atoms with van der Waals surface area (Å²) in [5.41, 5.74) is 1.76. The lowest BCUT2D eigenvalue weighted by Gasteiger charge is -2.31. The number of carbonyl (C=O) groups excluding carboxylic acids is 2. The summed E-state index contributed by atoms with van der Waals surface area (Å²) in [5, 5.41) is 3.71. The van der Waals surface area contributed by atoms with Crippen molar-refractivity contribution in [1.29, 1.82) is 0 Å². The molecule has 2 amide bonds. The maximum atomic E-state index is 13.6. The molecule has 1 N–H and O–H groups in total. The molecule has 4 nitrogen and oxygen atoms in total. The zero-order valence-corrected chi connectivity index (χ0v) is 22.7. The van der Waals surface area contributed by atoms with Gasteiger partial charge in [-0.25, -0.2) is 4.39 Å². The number of benzene rings is 3. The van der Waals surface area contributed by atoms with Crippen LogP contribution in [0.25, 0.3) is 0 Å². The van der Waals surface area contributed by atoms with Crippen LogP contribution < -0.4 is 5.32 Å². The molecule has 0 aliphatic heterocycles. The lowest BCUT2D eigenvalue weighted by Crippen LogP contribution is -2.50. The Bertz CT molecular complexity index is 1110. The Kier molecular flexibility index (Phi) is 12.0. The summed E-state index contributed by atoms with van der Waals surface area (Å²) in [6, 6.07) is 22.8. The number of halogens is 2. The molecule has 3 rings (SSSR count). The highest BCUT2D eigenvalue weighted by atomic mass is 35.5. The summed E-state index contributed by atoms with van der Waals surface area (Å²) in [6.07, 6.45) is 3.23. The van der Waals surface area contributed by atoms with Crippen LogP contribution in [0.4, 0.5) is 4.39 Å². The average Bonchev–Trinajstić information content (AvgIpc) is 2.91. The van der Waals surface area contributed by atoms with Gasteiger partial charge in [-0.15, -0.1) is 11.8 Å². The molecule has 0 bridgehead atoms. The van der Waals surface area contributed by atoms with Gasteiger partial charge in [0, 0.05) is 35.8 Å². The molecule has 0 heterocycles. The van der Waals surface area contributed by atoms with Crippen molar-refractivity contribution in [3.05, 3.63) is 101 Å². The van der Waals surface area contributed by atoms with Gasteiger partial charge in [0.1, 0.15) is 11.9 Å². The summed E-state index contributed by atoms with van der Waals surface area (Å²) in [7, 11) is 0. The summed E-state index contributed by atoms with van der Waals surface area (Å²) in [5.74, 6) is 0.180. The monoisotopic (exact) mass is 540 g/mol. The second-order valence-corrected chi connectivity index (χ2v) is 10.5. The van der Waals surface area contributed by atoms with Crippen molar-refractivity contribution in [1.82, 2.24) is 10.2 Å². The quantitative estimate of drug-likeness (QED) is 0.178. The minimum absolute atomic E-state index is 0.0902. The van der Waals surface area contributed by atoms with Gasteiger partial charge in [0.05, 0.1) is 0 Å². The molecule has 196 valence electrons. The molecule has 0 unspecified atom stereocenters. The van der Waals surface area contributed by atoms with Crippen LogP contribution in [0.2, 0.25) is 5.02 Å². The van der Waals surface area contributed by atoms with Gasteiger partial charge in [0.2, 0.25) is 11.8 Å². The Morgan fingerprint density at radius 1 is 0.946 bits per heavy atom. The molecule has 1 atom stereocenters. The molecule has 0 aliphatic carbocycles. The Morgan fingerprint density at radius 3 is 2.32 bits per heavy atom. The molecule has 3 aromatic rings. The molecule has 0 aliphatic rings. The van der Waals surface area contributed by atoms with E-state index in [1.54, 1.807) is 28.8 Å². The van der Waals surface area contributed by atoms with Crippen molar-refractivity contribution in [3.63, 3.8) is 0 Å². The highest BCUT2D eigenvalue weighted by molar-refractivity contribution is 7.99. The lowest BCUT2D eigenvalue weighted by molar-refractivity contribution is -0.141. The molecular weight excluding hydrogens is 507 g/mol. The van der Waals surface area contributed by atoms with Gasteiger partial charge < -0.3 is 10.2 Å². The number of hydrogen-bond acceptors (Lipinski definition) is 3. The van der Waals surface area contributed by atoms with E-state index in [9.17, 15) is 14.0 Å². The summed E-state index contributed by atoms with van der Waals surface area (Å²) >= 11 is 7.63. The molecule has 0 saturated carbocycles. The number of unbranched alkanes of at least 4 members (excludes halogenated alkanes) is 1. The first-order valence-electron chi connectivity index (χ1n) is 12.7. The third-order valence-corrected chi connectivity index (χ3v) is 7.33. The van der Waals surface area contributed by atoms with E-state index in [1.807, 2.05) is 54.6 Å². The van der Waals surface area contributed by atoms with E-state index in [1.165, 1.54) is 12.1 Å². The highest BCUT2D eigenvalue weighted by Crippen LogP contribution is 2.22. The Labute approximate surface area is 228 Å². The minimum atomic E-state index is -0.666. The van der Waals surface area contributed by atoms with Crippen molar-refractivity contribution < 1.29 is 14.0 Å². The van der Waals surface area contributed by atoms with Crippen LogP contribution in [0.5, 0.6) is 0 Å². The normalized spacial score (nSPS) is 11.6. The number of amides is 2.